The zero-order chi connectivity index (χ0) is 14.7. The van der Waals surface area contributed by atoms with E-state index >= 15 is 0 Å². The molecular formula is C19H20N2. The molecule has 3 aromatic rings. The van der Waals surface area contributed by atoms with Crippen LogP contribution in [0.4, 0.5) is 0 Å². The molecule has 0 spiro atoms. The van der Waals surface area contributed by atoms with Crippen molar-refractivity contribution in [3.05, 3.63) is 66.5 Å². The molecule has 0 radical (unpaired) electrons. The van der Waals surface area contributed by atoms with Gasteiger partial charge in [0.05, 0.1) is 0 Å². The van der Waals surface area contributed by atoms with Gasteiger partial charge in [0, 0.05) is 23.8 Å². The number of benzene rings is 2. The fourth-order valence-electron chi connectivity index (χ4n) is 2.76. The van der Waals surface area contributed by atoms with Crippen LogP contribution in [0, 0.1) is 0 Å². The minimum Gasteiger partial charge on any atom is -0.310 e. The first-order valence-corrected chi connectivity index (χ1v) is 7.46. The van der Waals surface area contributed by atoms with Crippen molar-refractivity contribution < 1.29 is 0 Å². The maximum atomic E-state index is 4.27. The number of hydrogen-bond acceptors (Lipinski definition) is 2. The highest BCUT2D eigenvalue weighted by molar-refractivity contribution is 5.96. The molecular weight excluding hydrogens is 256 g/mol. The van der Waals surface area contributed by atoms with E-state index in [9.17, 15) is 0 Å². The summed E-state index contributed by atoms with van der Waals surface area (Å²) in [6.45, 7) is 5.31. The minimum absolute atomic E-state index is 0.364. The molecule has 21 heavy (non-hydrogen) atoms. The Hall–Kier alpha value is -2.19. The van der Waals surface area contributed by atoms with Crippen LogP contribution >= 0.6 is 0 Å². The molecule has 1 N–H and O–H groups in total. The van der Waals surface area contributed by atoms with Gasteiger partial charge in [0.15, 0.2) is 0 Å². The molecule has 2 nitrogen and oxygen atoms in total. The summed E-state index contributed by atoms with van der Waals surface area (Å²) in [5.74, 6) is 0. The van der Waals surface area contributed by atoms with Crippen LogP contribution in [0.1, 0.15) is 25.5 Å². The maximum absolute atomic E-state index is 4.27. The van der Waals surface area contributed by atoms with E-state index in [1.165, 1.54) is 27.5 Å². The predicted molar refractivity (Wildman–Crippen MR) is 89.3 cm³/mol. The fourth-order valence-corrected chi connectivity index (χ4v) is 2.76. The maximum Gasteiger partial charge on any atom is 0.0352 e. The van der Waals surface area contributed by atoms with E-state index < -0.39 is 0 Å². The minimum atomic E-state index is 0.364. The van der Waals surface area contributed by atoms with E-state index in [0.717, 1.165) is 6.54 Å². The van der Waals surface area contributed by atoms with Crippen molar-refractivity contribution in [3.63, 3.8) is 0 Å². The van der Waals surface area contributed by atoms with Crippen molar-refractivity contribution in [3.8, 4) is 11.1 Å². The van der Waals surface area contributed by atoms with Crippen molar-refractivity contribution in [2.24, 2.45) is 0 Å². The first kappa shape index (κ1) is 13.8. The van der Waals surface area contributed by atoms with E-state index in [4.69, 9.17) is 0 Å². The SMILES string of the molecule is CCNC(C)c1cccc(-c2cccc3ccncc23)c1. The van der Waals surface area contributed by atoms with Crippen molar-refractivity contribution in [1.82, 2.24) is 10.3 Å². The zero-order valence-corrected chi connectivity index (χ0v) is 12.5. The van der Waals surface area contributed by atoms with Gasteiger partial charge in [-0.25, -0.2) is 0 Å². The van der Waals surface area contributed by atoms with Crippen LogP contribution < -0.4 is 5.32 Å². The van der Waals surface area contributed by atoms with Crippen LogP contribution in [0.5, 0.6) is 0 Å². The van der Waals surface area contributed by atoms with Crippen molar-refractivity contribution >= 4 is 10.8 Å². The summed E-state index contributed by atoms with van der Waals surface area (Å²) in [5, 5.41) is 5.90. The molecule has 0 aliphatic rings. The Morgan fingerprint density at radius 3 is 2.81 bits per heavy atom. The van der Waals surface area contributed by atoms with Crippen molar-refractivity contribution in [2.45, 2.75) is 19.9 Å². The van der Waals surface area contributed by atoms with Gasteiger partial charge >= 0.3 is 0 Å². The molecule has 1 unspecified atom stereocenters. The smallest absolute Gasteiger partial charge is 0.0352 e. The number of nitrogens with one attached hydrogen (secondary N) is 1. The van der Waals surface area contributed by atoms with Gasteiger partial charge < -0.3 is 5.32 Å². The fraction of sp³-hybridized carbons (Fsp3) is 0.211. The highest BCUT2D eigenvalue weighted by Gasteiger charge is 2.07. The van der Waals surface area contributed by atoms with Crippen LogP contribution in [0.15, 0.2) is 60.9 Å². The third-order valence-corrected chi connectivity index (χ3v) is 3.89. The number of rotatable bonds is 4. The molecule has 106 valence electrons. The molecule has 2 aromatic carbocycles. The van der Waals surface area contributed by atoms with Gasteiger partial charge in [0.2, 0.25) is 0 Å². The van der Waals surface area contributed by atoms with Crippen LogP contribution in [-0.4, -0.2) is 11.5 Å². The summed E-state index contributed by atoms with van der Waals surface area (Å²) in [4.78, 5) is 4.27. The first-order valence-electron chi connectivity index (χ1n) is 7.46. The van der Waals surface area contributed by atoms with Gasteiger partial charge in [0.1, 0.15) is 0 Å². The lowest BCUT2D eigenvalue weighted by atomic mass is 9.96. The summed E-state index contributed by atoms with van der Waals surface area (Å²) >= 11 is 0. The van der Waals surface area contributed by atoms with Gasteiger partial charge in [-0.15, -0.1) is 0 Å². The van der Waals surface area contributed by atoms with Gasteiger partial charge in [-0.2, -0.15) is 0 Å². The Kier molecular flexibility index (Phi) is 3.98. The molecule has 0 aliphatic carbocycles. The second-order valence-corrected chi connectivity index (χ2v) is 5.31. The molecule has 0 fully saturated rings. The average Bonchev–Trinajstić information content (AvgIpc) is 2.55. The number of pyridine rings is 1. The number of nitrogens with zero attached hydrogens (tertiary/aromatic N) is 1. The lowest BCUT2D eigenvalue weighted by Crippen LogP contribution is -2.17. The molecule has 0 saturated carbocycles. The van der Waals surface area contributed by atoms with Gasteiger partial charge in [0.25, 0.3) is 0 Å². The van der Waals surface area contributed by atoms with Crippen LogP contribution in [0.3, 0.4) is 0 Å². The van der Waals surface area contributed by atoms with E-state index in [1.54, 1.807) is 0 Å². The molecule has 0 aliphatic heterocycles. The number of fused-ring (bicyclic) bond motifs is 1. The van der Waals surface area contributed by atoms with Crippen LogP contribution in [0.2, 0.25) is 0 Å². The third-order valence-electron chi connectivity index (χ3n) is 3.89. The largest absolute Gasteiger partial charge is 0.310 e. The standard InChI is InChI=1S/C19H20N2/c1-3-21-14(2)16-7-4-8-17(12-16)18-9-5-6-15-10-11-20-13-19(15)18/h4-14,21H,3H2,1-2H3. The molecule has 0 saturated heterocycles. The molecule has 0 amide bonds. The van der Waals surface area contributed by atoms with Gasteiger partial charge in [-0.1, -0.05) is 43.3 Å². The van der Waals surface area contributed by atoms with Crippen molar-refractivity contribution in [2.75, 3.05) is 6.54 Å². The van der Waals surface area contributed by atoms with Crippen LogP contribution in [0.25, 0.3) is 21.9 Å². The Bertz CT molecular complexity index is 744. The lowest BCUT2D eigenvalue weighted by Gasteiger charge is -2.14. The Morgan fingerprint density at radius 1 is 1.10 bits per heavy atom. The summed E-state index contributed by atoms with van der Waals surface area (Å²) in [5.41, 5.74) is 3.80. The summed E-state index contributed by atoms with van der Waals surface area (Å²) in [6.07, 6.45) is 3.79. The Labute approximate surface area is 125 Å². The normalized spacial score (nSPS) is 12.5. The second kappa shape index (κ2) is 6.06. The molecule has 0 bridgehead atoms. The molecule has 3 rings (SSSR count). The summed E-state index contributed by atoms with van der Waals surface area (Å²) in [7, 11) is 0. The van der Waals surface area contributed by atoms with Gasteiger partial charge in [-0.05, 0) is 47.7 Å². The Balaban J connectivity index is 2.09. The molecule has 1 atom stereocenters. The predicted octanol–water partition coefficient (Wildman–Crippen LogP) is 4.57. The molecule has 2 heteroatoms. The lowest BCUT2D eigenvalue weighted by molar-refractivity contribution is 0.598. The summed E-state index contributed by atoms with van der Waals surface area (Å²) < 4.78 is 0. The Morgan fingerprint density at radius 2 is 1.95 bits per heavy atom. The monoisotopic (exact) mass is 276 g/mol. The van der Waals surface area contributed by atoms with E-state index in [0.29, 0.717) is 6.04 Å². The highest BCUT2D eigenvalue weighted by atomic mass is 14.9. The zero-order valence-electron chi connectivity index (χ0n) is 12.5. The topological polar surface area (TPSA) is 24.9 Å². The quantitative estimate of drug-likeness (QED) is 0.755. The number of aromatic nitrogens is 1. The summed E-state index contributed by atoms with van der Waals surface area (Å²) in [6, 6.07) is 17.6. The molecule has 1 heterocycles. The molecule has 1 aromatic heterocycles. The first-order chi connectivity index (χ1) is 10.3. The van der Waals surface area contributed by atoms with E-state index in [-0.39, 0.29) is 0 Å². The highest BCUT2D eigenvalue weighted by Crippen LogP contribution is 2.29. The third kappa shape index (κ3) is 2.81. The van der Waals surface area contributed by atoms with Gasteiger partial charge in [-0.3, -0.25) is 4.98 Å². The second-order valence-electron chi connectivity index (χ2n) is 5.31. The van der Waals surface area contributed by atoms with E-state index in [2.05, 4.69) is 72.7 Å². The van der Waals surface area contributed by atoms with Crippen LogP contribution in [-0.2, 0) is 0 Å². The van der Waals surface area contributed by atoms with E-state index in [1.807, 2.05) is 12.4 Å². The average molecular weight is 276 g/mol. The van der Waals surface area contributed by atoms with Crippen molar-refractivity contribution in [1.29, 1.82) is 0 Å². The number of hydrogen-bond donors (Lipinski definition) is 1.